The number of nitrogens with one attached hydrogen (secondary N) is 1. The van der Waals surface area contributed by atoms with E-state index < -0.39 is 29.2 Å². The highest BCUT2D eigenvalue weighted by Gasteiger charge is 2.32. The minimum absolute atomic E-state index is 0.225. The topological polar surface area (TPSA) is 133 Å². The number of amides is 1. The van der Waals surface area contributed by atoms with Crippen LogP contribution in [0.25, 0.3) is 33.2 Å². The molecule has 0 fully saturated rings. The zero-order valence-corrected chi connectivity index (χ0v) is 23.3. The van der Waals surface area contributed by atoms with Crippen molar-refractivity contribution >= 4 is 45.5 Å². The Morgan fingerprint density at radius 2 is 1.59 bits per heavy atom. The van der Waals surface area contributed by atoms with Crippen molar-refractivity contribution in [3.8, 4) is 22.3 Å². The van der Waals surface area contributed by atoms with E-state index in [1.54, 1.807) is 62.8 Å². The highest BCUT2D eigenvalue weighted by Crippen LogP contribution is 2.35. The lowest BCUT2D eigenvalue weighted by Gasteiger charge is -2.29. The van der Waals surface area contributed by atoms with Gasteiger partial charge in [0.25, 0.3) is 17.2 Å². The Hall–Kier alpha value is -4.67. The first kappa shape index (κ1) is 27.9. The van der Waals surface area contributed by atoms with Gasteiger partial charge in [-0.05, 0) is 65.9 Å². The molecule has 10 heteroatoms. The molecule has 0 bridgehead atoms. The van der Waals surface area contributed by atoms with E-state index in [1.165, 1.54) is 0 Å². The molecule has 41 heavy (non-hydrogen) atoms. The van der Waals surface area contributed by atoms with Crippen LogP contribution in [0.3, 0.4) is 0 Å². The first-order valence-electron chi connectivity index (χ1n) is 12.8. The summed E-state index contributed by atoms with van der Waals surface area (Å²) in [5.41, 5.74) is 5.70. The molecule has 2 unspecified atom stereocenters. The maximum absolute atomic E-state index is 13.1. The van der Waals surface area contributed by atoms with Gasteiger partial charge in [-0.1, -0.05) is 50.2 Å². The first-order valence-corrected chi connectivity index (χ1v) is 13.9. The van der Waals surface area contributed by atoms with Gasteiger partial charge >= 0.3 is 5.97 Å². The van der Waals surface area contributed by atoms with Gasteiger partial charge in [0.1, 0.15) is 11.6 Å². The number of nitrogens with zero attached hydrogens (tertiary/aromatic N) is 1. The molecule has 0 radical (unpaired) electrons. The number of aryl methyl sites for hydroxylation is 1. The quantitative estimate of drug-likeness (QED) is 0.162. The predicted molar refractivity (Wildman–Crippen MR) is 158 cm³/mol. The van der Waals surface area contributed by atoms with Gasteiger partial charge in [-0.25, -0.2) is 9.00 Å². The van der Waals surface area contributed by atoms with Crippen LogP contribution < -0.4 is 9.62 Å². The van der Waals surface area contributed by atoms with Crippen LogP contribution in [0.5, 0.6) is 0 Å². The number of hydrogen-bond acceptors (Lipinski definition) is 5. The Bertz CT molecular complexity index is 1720. The van der Waals surface area contributed by atoms with Crippen molar-refractivity contribution in [2.45, 2.75) is 26.8 Å². The molecule has 5 aromatic rings. The zero-order valence-electron chi connectivity index (χ0n) is 22.5. The summed E-state index contributed by atoms with van der Waals surface area (Å²) in [6, 6.07) is 20.3. The molecule has 2 heterocycles. The average Bonchev–Trinajstić information content (AvgIpc) is 3.60. The largest absolute Gasteiger partial charge is 0.480 e. The van der Waals surface area contributed by atoms with Gasteiger partial charge in [0.2, 0.25) is 0 Å². The molecule has 0 aliphatic heterocycles. The average molecular weight is 573 g/mol. The molecular weight excluding hydrogens is 544 g/mol. The van der Waals surface area contributed by atoms with Gasteiger partial charge < -0.3 is 19.3 Å². The van der Waals surface area contributed by atoms with Gasteiger partial charge in [0.15, 0.2) is 5.76 Å². The maximum Gasteiger partial charge on any atom is 0.327 e. The first-order chi connectivity index (χ1) is 19.7. The van der Waals surface area contributed by atoms with Crippen LogP contribution in [-0.4, -0.2) is 31.8 Å². The summed E-state index contributed by atoms with van der Waals surface area (Å²) in [6.07, 6.45) is 3.25. The number of carbonyl (C=O) groups is 2. The van der Waals surface area contributed by atoms with Crippen LogP contribution >= 0.6 is 0 Å². The SMILES string of the molecule is Cc1c(C(=O)Nc2ccc(-c3ccc(N(C(C(=O)O)C(C)C)S(=O)O)cc3)cc2)oc2cccc(-c3ccoc3)c12. The highest BCUT2D eigenvalue weighted by molar-refractivity contribution is 7.80. The summed E-state index contributed by atoms with van der Waals surface area (Å²) < 4.78 is 34.0. The lowest BCUT2D eigenvalue weighted by atomic mass is 10.0. The summed E-state index contributed by atoms with van der Waals surface area (Å²) in [7, 11) is 0. The Kier molecular flexibility index (Phi) is 7.78. The van der Waals surface area contributed by atoms with E-state index in [1.807, 2.05) is 43.3 Å². The number of rotatable bonds is 9. The Morgan fingerprint density at radius 1 is 0.927 bits per heavy atom. The van der Waals surface area contributed by atoms with Crippen molar-refractivity contribution in [2.75, 3.05) is 9.62 Å². The second-order valence-electron chi connectivity index (χ2n) is 9.91. The van der Waals surface area contributed by atoms with Crippen LogP contribution in [0.2, 0.25) is 0 Å². The molecule has 0 spiro atoms. The molecule has 2 atom stereocenters. The van der Waals surface area contributed by atoms with Gasteiger partial charge in [0, 0.05) is 22.2 Å². The number of carboxylic acids is 1. The molecule has 3 N–H and O–H groups in total. The number of fused-ring (bicyclic) bond motifs is 1. The number of hydrogen-bond donors (Lipinski definition) is 3. The molecule has 2 aromatic heterocycles. The predicted octanol–water partition coefficient (Wildman–Crippen LogP) is 6.97. The number of anilines is 2. The molecule has 0 saturated heterocycles. The van der Waals surface area contributed by atoms with Crippen LogP contribution in [0.4, 0.5) is 11.4 Å². The van der Waals surface area contributed by atoms with Crippen molar-refractivity contribution in [3.63, 3.8) is 0 Å². The van der Waals surface area contributed by atoms with Gasteiger partial charge in [0.05, 0.1) is 18.2 Å². The summed E-state index contributed by atoms with van der Waals surface area (Å²) in [6.45, 7) is 5.22. The maximum atomic E-state index is 13.1. The summed E-state index contributed by atoms with van der Waals surface area (Å²) in [4.78, 5) is 24.9. The van der Waals surface area contributed by atoms with E-state index in [0.717, 1.165) is 37.5 Å². The smallest absolute Gasteiger partial charge is 0.327 e. The number of furan rings is 2. The fraction of sp³-hybridized carbons (Fsp3) is 0.161. The van der Waals surface area contributed by atoms with Crippen molar-refractivity contribution in [3.05, 3.63) is 96.6 Å². The van der Waals surface area contributed by atoms with Crippen LogP contribution in [0.15, 0.2) is 94.2 Å². The molecule has 9 nitrogen and oxygen atoms in total. The molecule has 0 saturated carbocycles. The summed E-state index contributed by atoms with van der Waals surface area (Å²) >= 11 is -2.52. The summed E-state index contributed by atoms with van der Waals surface area (Å²) in [5, 5.41) is 13.3. The van der Waals surface area contributed by atoms with Gasteiger partial charge in [-0.2, -0.15) is 0 Å². The van der Waals surface area contributed by atoms with Crippen molar-refractivity contribution in [2.24, 2.45) is 5.92 Å². The van der Waals surface area contributed by atoms with Gasteiger partial charge in [-0.3, -0.25) is 13.7 Å². The molecule has 5 rings (SSSR count). The van der Waals surface area contributed by atoms with Gasteiger partial charge in [-0.15, -0.1) is 0 Å². The number of carbonyl (C=O) groups excluding carboxylic acids is 1. The van der Waals surface area contributed by atoms with Crippen LogP contribution in [0.1, 0.15) is 30.0 Å². The minimum atomic E-state index is -2.52. The van der Waals surface area contributed by atoms with Crippen LogP contribution in [0, 0.1) is 12.8 Å². The third-order valence-corrected chi connectivity index (χ3v) is 7.67. The lowest BCUT2D eigenvalue weighted by Crippen LogP contribution is -2.45. The zero-order chi connectivity index (χ0) is 29.3. The molecule has 210 valence electrons. The van der Waals surface area contributed by atoms with Crippen molar-refractivity contribution in [1.82, 2.24) is 0 Å². The molecule has 3 aromatic carbocycles. The second-order valence-corrected chi connectivity index (χ2v) is 10.8. The van der Waals surface area contributed by atoms with Crippen LogP contribution in [-0.2, 0) is 16.1 Å². The van der Waals surface area contributed by atoms with E-state index in [4.69, 9.17) is 8.83 Å². The van der Waals surface area contributed by atoms with Crippen molar-refractivity contribution < 1.29 is 32.3 Å². The fourth-order valence-electron chi connectivity index (χ4n) is 4.92. The molecule has 0 aliphatic carbocycles. The standard InChI is InChI=1S/C31H28N2O7S/c1-18(2)28(31(35)36)33(41(37)38)24-13-9-21(10-14-24)20-7-11-23(12-8-20)32-30(34)29-19(3)27-25(22-15-16-39-17-22)5-4-6-26(27)40-29/h4-18,28H,1-3H3,(H,32,34)(H,35,36)(H,37,38). The number of aliphatic carboxylic acids is 1. The number of carboxylic acid groups (broad SMARTS) is 1. The van der Waals surface area contributed by atoms with E-state index in [2.05, 4.69) is 5.32 Å². The van der Waals surface area contributed by atoms with E-state index in [-0.39, 0.29) is 11.7 Å². The Labute approximate surface area is 238 Å². The van der Waals surface area contributed by atoms with E-state index in [0.29, 0.717) is 17.0 Å². The third kappa shape index (κ3) is 5.52. The molecular formula is C31H28N2O7S. The minimum Gasteiger partial charge on any atom is -0.480 e. The second kappa shape index (κ2) is 11.4. The molecule has 0 aliphatic rings. The summed E-state index contributed by atoms with van der Waals surface area (Å²) in [5.74, 6) is -1.72. The monoisotopic (exact) mass is 572 g/mol. The van der Waals surface area contributed by atoms with E-state index >= 15 is 0 Å². The molecule has 1 amide bonds. The fourth-order valence-corrected chi connectivity index (χ4v) is 5.75. The normalized spacial score (nSPS) is 12.8. The third-order valence-electron chi connectivity index (χ3n) is 6.90. The van der Waals surface area contributed by atoms with Crippen molar-refractivity contribution in [1.29, 1.82) is 0 Å². The van der Waals surface area contributed by atoms with E-state index in [9.17, 15) is 23.5 Å². The lowest BCUT2D eigenvalue weighted by molar-refractivity contribution is -0.139. The Morgan fingerprint density at radius 3 is 2.15 bits per heavy atom. The number of benzene rings is 3. The Balaban J connectivity index is 1.34. The highest BCUT2D eigenvalue weighted by atomic mass is 32.2.